The first-order valence-corrected chi connectivity index (χ1v) is 10.2. The van der Waals surface area contributed by atoms with Gasteiger partial charge in [0.15, 0.2) is 5.76 Å². The molecule has 7 nitrogen and oxygen atoms in total. The zero-order chi connectivity index (χ0) is 21.7. The van der Waals surface area contributed by atoms with E-state index in [0.717, 1.165) is 16.0 Å². The molecular formula is C22H23N3O4S. The van der Waals surface area contributed by atoms with Crippen molar-refractivity contribution in [3.05, 3.63) is 76.1 Å². The molecule has 3 rings (SSSR count). The molecule has 0 aliphatic heterocycles. The Morgan fingerprint density at radius 2 is 1.83 bits per heavy atom. The summed E-state index contributed by atoms with van der Waals surface area (Å²) in [7, 11) is 0. The molecule has 0 saturated heterocycles. The highest BCUT2D eigenvalue weighted by atomic mass is 32.1. The van der Waals surface area contributed by atoms with Gasteiger partial charge in [-0.15, -0.1) is 11.3 Å². The van der Waals surface area contributed by atoms with Crippen molar-refractivity contribution in [3.63, 3.8) is 0 Å². The van der Waals surface area contributed by atoms with Crippen molar-refractivity contribution in [1.82, 2.24) is 4.90 Å². The van der Waals surface area contributed by atoms with Crippen molar-refractivity contribution in [2.75, 3.05) is 18.4 Å². The molecule has 3 N–H and O–H groups in total. The molecule has 0 saturated carbocycles. The number of amides is 3. The van der Waals surface area contributed by atoms with Gasteiger partial charge in [-0.3, -0.25) is 14.4 Å². The van der Waals surface area contributed by atoms with Gasteiger partial charge in [-0.05, 0) is 43.5 Å². The maximum Gasteiger partial charge on any atom is 0.290 e. The summed E-state index contributed by atoms with van der Waals surface area (Å²) in [5.41, 5.74) is 7.57. The van der Waals surface area contributed by atoms with Crippen LogP contribution in [0.15, 0.2) is 53.1 Å². The topological polar surface area (TPSA) is 106 Å². The molecule has 0 spiro atoms. The Morgan fingerprint density at radius 3 is 2.47 bits per heavy atom. The Kier molecular flexibility index (Phi) is 6.68. The largest absolute Gasteiger partial charge is 0.459 e. The molecule has 2 heterocycles. The van der Waals surface area contributed by atoms with E-state index in [4.69, 9.17) is 10.2 Å². The van der Waals surface area contributed by atoms with E-state index in [0.29, 0.717) is 23.5 Å². The molecule has 0 aliphatic carbocycles. The minimum Gasteiger partial charge on any atom is -0.459 e. The molecule has 2 aromatic heterocycles. The van der Waals surface area contributed by atoms with Crippen molar-refractivity contribution in [1.29, 1.82) is 0 Å². The standard InChI is InChI=1S/C22H23N3O4S/c1-14-15(2)30-21(19(14)20(23)27)24-18(26)13-25(22(28)17-9-6-12-29-17)11-10-16-7-4-3-5-8-16/h3-9,12H,10-11,13H2,1-2H3,(H2,23,27)(H,24,26). The molecule has 1 aromatic carbocycles. The third-order valence-electron chi connectivity index (χ3n) is 4.75. The molecule has 30 heavy (non-hydrogen) atoms. The number of aryl methyl sites for hydroxylation is 1. The van der Waals surface area contributed by atoms with Gasteiger partial charge in [0.2, 0.25) is 5.91 Å². The van der Waals surface area contributed by atoms with Crippen LogP contribution in [-0.2, 0) is 11.2 Å². The normalized spacial score (nSPS) is 10.6. The third-order valence-corrected chi connectivity index (χ3v) is 5.87. The Hall–Kier alpha value is -3.39. The zero-order valence-corrected chi connectivity index (χ0v) is 17.6. The first-order chi connectivity index (χ1) is 14.4. The van der Waals surface area contributed by atoms with E-state index < -0.39 is 11.8 Å². The molecule has 0 radical (unpaired) electrons. The van der Waals surface area contributed by atoms with Crippen molar-refractivity contribution in [2.24, 2.45) is 5.73 Å². The van der Waals surface area contributed by atoms with Gasteiger partial charge in [0.1, 0.15) is 11.5 Å². The second kappa shape index (κ2) is 9.41. The number of nitrogens with two attached hydrogens (primary N) is 1. The number of hydrogen-bond donors (Lipinski definition) is 2. The number of rotatable bonds is 8. The predicted molar refractivity (Wildman–Crippen MR) is 116 cm³/mol. The number of carbonyl (C=O) groups is 3. The molecule has 0 unspecified atom stereocenters. The lowest BCUT2D eigenvalue weighted by atomic mass is 10.1. The first-order valence-electron chi connectivity index (χ1n) is 9.43. The van der Waals surface area contributed by atoms with Gasteiger partial charge in [-0.1, -0.05) is 30.3 Å². The summed E-state index contributed by atoms with van der Waals surface area (Å²) in [5.74, 6) is -1.22. The fraction of sp³-hybridized carbons (Fsp3) is 0.227. The average molecular weight is 426 g/mol. The number of thiophene rings is 1. The number of primary amides is 1. The third kappa shape index (κ3) is 4.96. The van der Waals surface area contributed by atoms with Crippen LogP contribution >= 0.6 is 11.3 Å². The molecule has 0 atom stereocenters. The SMILES string of the molecule is Cc1sc(NC(=O)CN(CCc2ccccc2)C(=O)c2ccco2)c(C(N)=O)c1C. The monoisotopic (exact) mass is 425 g/mol. The number of nitrogens with one attached hydrogen (secondary N) is 1. The number of nitrogens with zero attached hydrogens (tertiary/aromatic N) is 1. The van der Waals surface area contributed by atoms with E-state index >= 15 is 0 Å². The molecule has 8 heteroatoms. The summed E-state index contributed by atoms with van der Waals surface area (Å²) >= 11 is 1.29. The predicted octanol–water partition coefficient (Wildman–Crippen LogP) is 3.38. The van der Waals surface area contributed by atoms with Crippen LogP contribution in [-0.4, -0.2) is 35.7 Å². The van der Waals surface area contributed by atoms with Crippen LogP contribution in [0.25, 0.3) is 0 Å². The zero-order valence-electron chi connectivity index (χ0n) is 16.8. The van der Waals surface area contributed by atoms with Crippen LogP contribution in [0.1, 0.15) is 36.9 Å². The molecular weight excluding hydrogens is 402 g/mol. The number of hydrogen-bond acceptors (Lipinski definition) is 5. The smallest absolute Gasteiger partial charge is 0.290 e. The van der Waals surface area contributed by atoms with Gasteiger partial charge in [0.05, 0.1) is 11.8 Å². The maximum atomic E-state index is 12.8. The quantitative estimate of drug-likeness (QED) is 0.577. The van der Waals surface area contributed by atoms with Gasteiger partial charge >= 0.3 is 0 Å². The lowest BCUT2D eigenvalue weighted by molar-refractivity contribution is -0.116. The number of furan rings is 1. The van der Waals surface area contributed by atoms with Crippen LogP contribution in [0.5, 0.6) is 0 Å². The van der Waals surface area contributed by atoms with Crippen LogP contribution in [0.2, 0.25) is 0 Å². The van der Waals surface area contributed by atoms with E-state index in [1.807, 2.05) is 37.3 Å². The fourth-order valence-electron chi connectivity index (χ4n) is 3.07. The fourth-order valence-corrected chi connectivity index (χ4v) is 4.15. The molecule has 3 aromatic rings. The Morgan fingerprint density at radius 1 is 1.10 bits per heavy atom. The van der Waals surface area contributed by atoms with Gasteiger partial charge < -0.3 is 20.4 Å². The van der Waals surface area contributed by atoms with Gasteiger partial charge in [0, 0.05) is 11.4 Å². The first kappa shape index (κ1) is 21.3. The summed E-state index contributed by atoms with van der Waals surface area (Å²) in [6.07, 6.45) is 2.00. The van der Waals surface area contributed by atoms with Crippen LogP contribution in [0.3, 0.4) is 0 Å². The molecule has 3 amide bonds. The van der Waals surface area contributed by atoms with Gasteiger partial charge in [-0.2, -0.15) is 0 Å². The van der Waals surface area contributed by atoms with E-state index in [1.165, 1.54) is 22.5 Å². The Balaban J connectivity index is 1.75. The highest BCUT2D eigenvalue weighted by Gasteiger charge is 2.23. The van der Waals surface area contributed by atoms with Crippen LogP contribution in [0, 0.1) is 13.8 Å². The minimum absolute atomic E-state index is 0.163. The van der Waals surface area contributed by atoms with Crippen LogP contribution < -0.4 is 11.1 Å². The Labute approximate surface area is 178 Å². The van der Waals surface area contributed by atoms with Crippen molar-refractivity contribution in [3.8, 4) is 0 Å². The lowest BCUT2D eigenvalue weighted by Gasteiger charge is -2.21. The second-order valence-electron chi connectivity index (χ2n) is 6.84. The number of carbonyl (C=O) groups excluding carboxylic acids is 3. The molecule has 0 aliphatic rings. The molecule has 0 bridgehead atoms. The van der Waals surface area contributed by atoms with Gasteiger partial charge in [-0.25, -0.2) is 0 Å². The van der Waals surface area contributed by atoms with Crippen LogP contribution in [0.4, 0.5) is 5.00 Å². The van der Waals surface area contributed by atoms with E-state index in [9.17, 15) is 14.4 Å². The highest BCUT2D eigenvalue weighted by molar-refractivity contribution is 7.16. The second-order valence-corrected chi connectivity index (χ2v) is 8.06. The highest BCUT2D eigenvalue weighted by Crippen LogP contribution is 2.32. The number of anilines is 1. The van der Waals surface area contributed by atoms with E-state index in [2.05, 4.69) is 5.32 Å². The van der Waals surface area contributed by atoms with Crippen molar-refractivity contribution in [2.45, 2.75) is 20.3 Å². The minimum atomic E-state index is -0.597. The van der Waals surface area contributed by atoms with Crippen molar-refractivity contribution >= 4 is 34.1 Å². The summed E-state index contributed by atoms with van der Waals surface area (Å²) in [5, 5.41) is 3.14. The number of benzene rings is 1. The van der Waals surface area contributed by atoms with Crippen molar-refractivity contribution < 1.29 is 18.8 Å². The molecule has 156 valence electrons. The Bertz CT molecular complexity index is 1040. The summed E-state index contributed by atoms with van der Waals surface area (Å²) < 4.78 is 5.22. The maximum absolute atomic E-state index is 12.8. The summed E-state index contributed by atoms with van der Waals surface area (Å²) in [6, 6.07) is 12.9. The molecule has 0 fully saturated rings. The summed E-state index contributed by atoms with van der Waals surface area (Å²) in [4.78, 5) is 39.7. The summed E-state index contributed by atoms with van der Waals surface area (Å²) in [6.45, 7) is 3.80. The van der Waals surface area contributed by atoms with E-state index in [-0.39, 0.29) is 18.2 Å². The van der Waals surface area contributed by atoms with E-state index in [1.54, 1.807) is 19.1 Å². The average Bonchev–Trinajstić information content (AvgIpc) is 3.34. The van der Waals surface area contributed by atoms with Gasteiger partial charge in [0.25, 0.3) is 11.8 Å². The lowest BCUT2D eigenvalue weighted by Crippen LogP contribution is -2.39.